The number of hydrogen-bond acceptors (Lipinski definition) is 3. The first-order valence-electron chi connectivity index (χ1n) is 6.31. The van der Waals surface area contributed by atoms with Crippen molar-refractivity contribution in [3.8, 4) is 0 Å². The molecule has 2 N–H and O–H groups in total. The summed E-state index contributed by atoms with van der Waals surface area (Å²) in [5, 5.41) is 6.78. The molecule has 0 saturated carbocycles. The van der Waals surface area contributed by atoms with Gasteiger partial charge in [-0.15, -0.1) is 0 Å². The van der Waals surface area contributed by atoms with Crippen molar-refractivity contribution < 1.29 is 0 Å². The summed E-state index contributed by atoms with van der Waals surface area (Å²) in [5.41, 5.74) is 1.27. The zero-order valence-corrected chi connectivity index (χ0v) is 11.0. The lowest BCUT2D eigenvalue weighted by Crippen LogP contribution is -2.42. The zero-order valence-electron chi connectivity index (χ0n) is 11.0. The topological polar surface area (TPSA) is 37.0 Å². The molecule has 0 amide bonds. The van der Waals surface area contributed by atoms with Crippen molar-refractivity contribution in [2.75, 3.05) is 19.6 Å². The Kier molecular flexibility index (Phi) is 9.97. The fraction of sp³-hybridized carbons (Fsp3) is 0.615. The highest BCUT2D eigenvalue weighted by Crippen LogP contribution is 2.10. The van der Waals surface area contributed by atoms with Gasteiger partial charge in [0.2, 0.25) is 0 Å². The van der Waals surface area contributed by atoms with Crippen LogP contribution in [-0.4, -0.2) is 24.6 Å². The molecule has 0 aliphatic carbocycles. The molecule has 1 aromatic heterocycles. The van der Waals surface area contributed by atoms with Crippen molar-refractivity contribution in [1.29, 1.82) is 0 Å². The van der Waals surface area contributed by atoms with Crippen LogP contribution in [0, 0.1) is 0 Å². The molecule has 1 saturated heterocycles. The average Bonchev–Trinajstić information content (AvgIpc) is 2.45. The Morgan fingerprint density at radius 3 is 2.44 bits per heavy atom. The lowest BCUT2D eigenvalue weighted by molar-refractivity contribution is 0.429. The average molecular weight is 223 g/mol. The quantitative estimate of drug-likeness (QED) is 0.767. The fourth-order valence-corrected chi connectivity index (χ4v) is 1.47. The molecule has 0 aromatic carbocycles. The molecule has 1 unspecified atom stereocenters. The molecular weight excluding hydrogens is 198 g/mol. The second-order valence-electron chi connectivity index (χ2n) is 3.00. The highest BCUT2D eigenvalue weighted by molar-refractivity contribution is 5.14. The molecule has 2 heterocycles. The Morgan fingerprint density at radius 2 is 1.94 bits per heavy atom. The molecular formula is C13H25N3. The van der Waals surface area contributed by atoms with E-state index in [0.29, 0.717) is 6.04 Å². The molecule has 1 fully saturated rings. The molecule has 3 nitrogen and oxygen atoms in total. The Balaban J connectivity index is 0.000000509. The zero-order chi connectivity index (χ0) is 12.2. The van der Waals surface area contributed by atoms with Gasteiger partial charge in [-0.05, 0) is 11.6 Å². The van der Waals surface area contributed by atoms with Crippen molar-refractivity contribution in [1.82, 2.24) is 15.6 Å². The van der Waals surface area contributed by atoms with Crippen LogP contribution >= 0.6 is 0 Å². The molecule has 0 radical (unpaired) electrons. The number of piperazine rings is 1. The molecule has 2 rings (SSSR count). The third-order valence-corrected chi connectivity index (χ3v) is 2.13. The number of hydrogen-bond donors (Lipinski definition) is 2. The third-order valence-electron chi connectivity index (χ3n) is 2.13. The normalized spacial score (nSPS) is 18.6. The molecule has 1 atom stereocenters. The minimum Gasteiger partial charge on any atom is -0.314 e. The number of rotatable bonds is 1. The van der Waals surface area contributed by atoms with Crippen LogP contribution in [0.2, 0.25) is 0 Å². The third kappa shape index (κ3) is 5.24. The van der Waals surface area contributed by atoms with E-state index < -0.39 is 0 Å². The van der Waals surface area contributed by atoms with Gasteiger partial charge in [-0.25, -0.2) is 0 Å². The van der Waals surface area contributed by atoms with Crippen LogP contribution in [0.25, 0.3) is 0 Å². The first-order chi connectivity index (χ1) is 7.97. The SMILES string of the molecule is CC.CC.c1cncc(C2CNCCN2)c1. The molecule has 16 heavy (non-hydrogen) atoms. The van der Waals surface area contributed by atoms with Crippen LogP contribution in [0.4, 0.5) is 0 Å². The van der Waals surface area contributed by atoms with E-state index in [1.165, 1.54) is 5.56 Å². The van der Waals surface area contributed by atoms with Gasteiger partial charge >= 0.3 is 0 Å². The van der Waals surface area contributed by atoms with Crippen molar-refractivity contribution >= 4 is 0 Å². The summed E-state index contributed by atoms with van der Waals surface area (Å²) in [4.78, 5) is 4.09. The molecule has 92 valence electrons. The Hall–Kier alpha value is -0.930. The van der Waals surface area contributed by atoms with E-state index in [9.17, 15) is 0 Å². The number of pyridine rings is 1. The summed E-state index contributed by atoms with van der Waals surface area (Å²) in [6.07, 6.45) is 3.73. The van der Waals surface area contributed by atoms with Crippen molar-refractivity contribution in [2.24, 2.45) is 0 Å². The van der Waals surface area contributed by atoms with Gasteiger partial charge in [0, 0.05) is 38.1 Å². The van der Waals surface area contributed by atoms with Crippen molar-refractivity contribution in [3.05, 3.63) is 30.1 Å². The van der Waals surface area contributed by atoms with E-state index in [4.69, 9.17) is 0 Å². The highest BCUT2D eigenvalue weighted by atomic mass is 15.1. The van der Waals surface area contributed by atoms with E-state index in [0.717, 1.165) is 19.6 Å². The summed E-state index contributed by atoms with van der Waals surface area (Å²) in [6, 6.07) is 4.52. The van der Waals surface area contributed by atoms with E-state index in [1.54, 1.807) is 6.20 Å². The smallest absolute Gasteiger partial charge is 0.0462 e. The van der Waals surface area contributed by atoms with Gasteiger partial charge in [-0.3, -0.25) is 4.98 Å². The maximum Gasteiger partial charge on any atom is 0.0462 e. The van der Waals surface area contributed by atoms with Gasteiger partial charge in [-0.2, -0.15) is 0 Å². The maximum absolute atomic E-state index is 4.09. The maximum atomic E-state index is 4.09. The summed E-state index contributed by atoms with van der Waals surface area (Å²) >= 11 is 0. The molecule has 3 heteroatoms. The van der Waals surface area contributed by atoms with Crippen LogP contribution in [0.5, 0.6) is 0 Å². The standard InChI is InChI=1S/C9H13N3.2C2H6/c1-2-8(6-10-3-1)9-7-11-4-5-12-9;2*1-2/h1-3,6,9,11-12H,4-5,7H2;2*1-2H3. The van der Waals surface area contributed by atoms with Gasteiger partial charge in [0.05, 0.1) is 0 Å². The lowest BCUT2D eigenvalue weighted by atomic mass is 10.1. The monoisotopic (exact) mass is 223 g/mol. The van der Waals surface area contributed by atoms with Gasteiger partial charge in [0.15, 0.2) is 0 Å². The molecule has 0 bridgehead atoms. The molecule has 1 aliphatic rings. The first-order valence-corrected chi connectivity index (χ1v) is 6.31. The summed E-state index contributed by atoms with van der Waals surface area (Å²) in [6.45, 7) is 11.1. The predicted molar refractivity (Wildman–Crippen MR) is 70.5 cm³/mol. The second-order valence-corrected chi connectivity index (χ2v) is 3.00. The van der Waals surface area contributed by atoms with Gasteiger partial charge < -0.3 is 10.6 Å². The first kappa shape index (κ1) is 15.1. The summed E-state index contributed by atoms with van der Waals surface area (Å²) in [7, 11) is 0. The van der Waals surface area contributed by atoms with Crippen LogP contribution in [0.3, 0.4) is 0 Å². The van der Waals surface area contributed by atoms with Crippen molar-refractivity contribution in [2.45, 2.75) is 33.7 Å². The van der Waals surface area contributed by atoms with E-state index in [-0.39, 0.29) is 0 Å². The largest absolute Gasteiger partial charge is 0.314 e. The lowest BCUT2D eigenvalue weighted by Gasteiger charge is -2.24. The van der Waals surface area contributed by atoms with Crippen molar-refractivity contribution in [3.63, 3.8) is 0 Å². The summed E-state index contributed by atoms with van der Waals surface area (Å²) < 4.78 is 0. The minimum atomic E-state index is 0.437. The Labute approximate surface area is 99.7 Å². The van der Waals surface area contributed by atoms with Gasteiger partial charge in [-0.1, -0.05) is 33.8 Å². The predicted octanol–water partition coefficient (Wildman–Crippen LogP) is 2.37. The fourth-order valence-electron chi connectivity index (χ4n) is 1.47. The second kappa shape index (κ2) is 10.6. The van der Waals surface area contributed by atoms with Gasteiger partial charge in [0.25, 0.3) is 0 Å². The van der Waals surface area contributed by atoms with Crippen LogP contribution in [0.15, 0.2) is 24.5 Å². The van der Waals surface area contributed by atoms with E-state index in [1.807, 2.05) is 40.0 Å². The summed E-state index contributed by atoms with van der Waals surface area (Å²) in [5.74, 6) is 0. The van der Waals surface area contributed by atoms with Crippen LogP contribution in [-0.2, 0) is 0 Å². The number of nitrogens with one attached hydrogen (secondary N) is 2. The minimum absolute atomic E-state index is 0.437. The molecule has 1 aliphatic heterocycles. The van der Waals surface area contributed by atoms with Crippen LogP contribution < -0.4 is 10.6 Å². The Morgan fingerprint density at radius 1 is 1.19 bits per heavy atom. The van der Waals surface area contributed by atoms with E-state index in [2.05, 4.69) is 21.7 Å². The number of aromatic nitrogens is 1. The van der Waals surface area contributed by atoms with E-state index >= 15 is 0 Å². The highest BCUT2D eigenvalue weighted by Gasteiger charge is 2.13. The Bertz CT molecular complexity index is 230. The van der Waals surface area contributed by atoms with Gasteiger partial charge in [0.1, 0.15) is 0 Å². The van der Waals surface area contributed by atoms with Crippen LogP contribution in [0.1, 0.15) is 39.3 Å². The molecule has 0 spiro atoms. The molecule has 1 aromatic rings. The number of nitrogens with zero attached hydrogens (tertiary/aromatic N) is 1.